The molecule has 3 N–H and O–H groups in total. The maximum Gasteiger partial charge on any atom is 0.242 e. The molecule has 112 valence electrons. The van der Waals surface area contributed by atoms with Crippen LogP contribution in [0.25, 0.3) is 10.9 Å². The highest BCUT2D eigenvalue weighted by molar-refractivity contribution is 5.93. The van der Waals surface area contributed by atoms with Crippen LogP contribution in [0.5, 0.6) is 5.88 Å². The van der Waals surface area contributed by atoms with Crippen LogP contribution in [0.4, 0.5) is 17.2 Å². The highest BCUT2D eigenvalue weighted by Gasteiger charge is 2.12. The molecule has 1 aromatic carbocycles. The molecule has 22 heavy (non-hydrogen) atoms. The Kier molecular flexibility index (Phi) is 3.74. The van der Waals surface area contributed by atoms with E-state index in [4.69, 9.17) is 10.5 Å². The van der Waals surface area contributed by atoms with Crippen LogP contribution in [-0.4, -0.2) is 21.1 Å². The SMILES string of the molecule is CC(C)Oc1ncnc(Nc2cccc3ncccc23)c1N. The van der Waals surface area contributed by atoms with Gasteiger partial charge >= 0.3 is 0 Å². The molecule has 2 aromatic heterocycles. The van der Waals surface area contributed by atoms with Gasteiger partial charge in [-0.15, -0.1) is 0 Å². The number of aromatic nitrogens is 3. The maximum absolute atomic E-state index is 6.10. The standard InChI is InChI=1S/C16H17N5O/c1-10(2)22-16-14(17)15(19-9-20-16)21-13-7-3-6-12-11(13)5-4-8-18-12/h3-10H,17H2,1-2H3,(H,19,20,21). The number of anilines is 3. The van der Waals surface area contributed by atoms with Crippen molar-refractivity contribution in [2.75, 3.05) is 11.1 Å². The van der Waals surface area contributed by atoms with E-state index in [1.165, 1.54) is 6.33 Å². The smallest absolute Gasteiger partial charge is 0.242 e. The molecular weight excluding hydrogens is 278 g/mol. The van der Waals surface area contributed by atoms with E-state index in [2.05, 4.69) is 20.3 Å². The fraction of sp³-hybridized carbons (Fsp3) is 0.188. The summed E-state index contributed by atoms with van der Waals surface area (Å²) in [6.45, 7) is 3.84. The summed E-state index contributed by atoms with van der Waals surface area (Å²) in [5, 5.41) is 4.23. The quantitative estimate of drug-likeness (QED) is 0.769. The zero-order valence-electron chi connectivity index (χ0n) is 12.4. The number of pyridine rings is 1. The molecule has 0 fully saturated rings. The van der Waals surface area contributed by atoms with Crippen LogP contribution in [-0.2, 0) is 0 Å². The molecule has 3 rings (SSSR count). The van der Waals surface area contributed by atoms with Crippen molar-refractivity contribution in [3.63, 3.8) is 0 Å². The van der Waals surface area contributed by atoms with E-state index >= 15 is 0 Å². The van der Waals surface area contributed by atoms with Gasteiger partial charge in [-0.1, -0.05) is 6.07 Å². The lowest BCUT2D eigenvalue weighted by Crippen LogP contribution is -2.10. The lowest BCUT2D eigenvalue weighted by Gasteiger charge is -2.14. The van der Waals surface area contributed by atoms with E-state index < -0.39 is 0 Å². The van der Waals surface area contributed by atoms with Crippen molar-refractivity contribution in [1.29, 1.82) is 0 Å². The Labute approximate surface area is 128 Å². The van der Waals surface area contributed by atoms with E-state index in [9.17, 15) is 0 Å². The van der Waals surface area contributed by atoms with Crippen LogP contribution in [0.1, 0.15) is 13.8 Å². The van der Waals surface area contributed by atoms with Gasteiger partial charge in [0.1, 0.15) is 12.0 Å². The monoisotopic (exact) mass is 295 g/mol. The summed E-state index contributed by atoms with van der Waals surface area (Å²) >= 11 is 0. The van der Waals surface area contributed by atoms with Gasteiger partial charge in [0.15, 0.2) is 5.82 Å². The van der Waals surface area contributed by atoms with Gasteiger partial charge in [0.2, 0.25) is 5.88 Å². The Bertz CT molecular complexity index is 798. The molecule has 2 heterocycles. The number of nitrogens with two attached hydrogens (primary N) is 1. The third-order valence-corrected chi connectivity index (χ3v) is 3.09. The average Bonchev–Trinajstić information content (AvgIpc) is 2.51. The summed E-state index contributed by atoms with van der Waals surface area (Å²) in [6, 6.07) is 9.73. The molecule has 6 heteroatoms. The summed E-state index contributed by atoms with van der Waals surface area (Å²) in [7, 11) is 0. The van der Waals surface area contributed by atoms with Crippen molar-refractivity contribution in [3.8, 4) is 5.88 Å². The minimum Gasteiger partial charge on any atom is -0.473 e. The normalized spacial score (nSPS) is 10.9. The van der Waals surface area contributed by atoms with Crippen molar-refractivity contribution in [1.82, 2.24) is 15.0 Å². The van der Waals surface area contributed by atoms with E-state index in [0.717, 1.165) is 16.6 Å². The number of ether oxygens (including phenoxy) is 1. The van der Waals surface area contributed by atoms with Gasteiger partial charge < -0.3 is 15.8 Å². The zero-order chi connectivity index (χ0) is 15.5. The predicted octanol–water partition coefficient (Wildman–Crippen LogP) is 3.14. The minimum absolute atomic E-state index is 0.00759. The molecule has 0 saturated carbocycles. The molecule has 0 atom stereocenters. The summed E-state index contributed by atoms with van der Waals surface area (Å²) in [5.41, 5.74) is 8.26. The first-order valence-corrected chi connectivity index (χ1v) is 7.03. The van der Waals surface area contributed by atoms with Gasteiger partial charge in [0, 0.05) is 17.3 Å². The second-order valence-corrected chi connectivity index (χ2v) is 5.11. The highest BCUT2D eigenvalue weighted by atomic mass is 16.5. The second kappa shape index (κ2) is 5.85. The van der Waals surface area contributed by atoms with Crippen molar-refractivity contribution in [2.45, 2.75) is 20.0 Å². The summed E-state index contributed by atoms with van der Waals surface area (Å²) < 4.78 is 5.58. The predicted molar refractivity (Wildman–Crippen MR) is 87.2 cm³/mol. The number of nitrogens with one attached hydrogen (secondary N) is 1. The van der Waals surface area contributed by atoms with Crippen molar-refractivity contribution < 1.29 is 4.74 Å². The van der Waals surface area contributed by atoms with E-state index in [0.29, 0.717) is 17.4 Å². The van der Waals surface area contributed by atoms with Crippen molar-refractivity contribution in [3.05, 3.63) is 42.9 Å². The molecule has 0 radical (unpaired) electrons. The molecule has 0 spiro atoms. The number of hydrogen-bond donors (Lipinski definition) is 2. The Morgan fingerprint density at radius 1 is 1.09 bits per heavy atom. The number of nitrogens with zero attached hydrogens (tertiary/aromatic N) is 3. The molecule has 0 unspecified atom stereocenters. The number of nitrogen functional groups attached to an aromatic ring is 1. The van der Waals surface area contributed by atoms with Crippen LogP contribution in [0, 0.1) is 0 Å². The molecule has 3 aromatic rings. The molecule has 0 amide bonds. The van der Waals surface area contributed by atoms with Crippen molar-refractivity contribution in [2.24, 2.45) is 0 Å². The lowest BCUT2D eigenvalue weighted by atomic mass is 10.2. The van der Waals surface area contributed by atoms with Gasteiger partial charge in [-0.05, 0) is 38.1 Å². The number of fused-ring (bicyclic) bond motifs is 1. The molecule has 0 bridgehead atoms. The van der Waals surface area contributed by atoms with Crippen LogP contribution in [0.3, 0.4) is 0 Å². The Morgan fingerprint density at radius 3 is 2.77 bits per heavy atom. The molecule has 0 saturated heterocycles. The number of rotatable bonds is 4. The van der Waals surface area contributed by atoms with Crippen LogP contribution in [0.15, 0.2) is 42.9 Å². The largest absolute Gasteiger partial charge is 0.473 e. The van der Waals surface area contributed by atoms with Gasteiger partial charge in [0.25, 0.3) is 0 Å². The zero-order valence-corrected chi connectivity index (χ0v) is 12.4. The van der Waals surface area contributed by atoms with Crippen LogP contribution in [0.2, 0.25) is 0 Å². The average molecular weight is 295 g/mol. The second-order valence-electron chi connectivity index (χ2n) is 5.11. The van der Waals surface area contributed by atoms with Gasteiger partial charge in [-0.25, -0.2) is 4.98 Å². The number of hydrogen-bond acceptors (Lipinski definition) is 6. The topological polar surface area (TPSA) is 86.0 Å². The third kappa shape index (κ3) is 2.76. The minimum atomic E-state index is -0.00759. The molecule has 6 nitrogen and oxygen atoms in total. The van der Waals surface area contributed by atoms with E-state index in [1.807, 2.05) is 44.2 Å². The van der Waals surface area contributed by atoms with E-state index in [-0.39, 0.29) is 6.10 Å². The highest BCUT2D eigenvalue weighted by Crippen LogP contribution is 2.30. The first-order chi connectivity index (χ1) is 10.6. The van der Waals surface area contributed by atoms with E-state index in [1.54, 1.807) is 6.20 Å². The molecule has 0 aliphatic rings. The summed E-state index contributed by atoms with van der Waals surface area (Å²) in [5.74, 6) is 0.896. The molecule has 0 aliphatic heterocycles. The van der Waals surface area contributed by atoms with Crippen molar-refractivity contribution >= 4 is 28.1 Å². The first kappa shape index (κ1) is 14.1. The summed E-state index contributed by atoms with van der Waals surface area (Å²) in [4.78, 5) is 12.6. The molecule has 0 aliphatic carbocycles. The van der Waals surface area contributed by atoms with Gasteiger partial charge in [0.05, 0.1) is 11.6 Å². The fourth-order valence-electron chi connectivity index (χ4n) is 2.14. The van der Waals surface area contributed by atoms with Gasteiger partial charge in [-0.3, -0.25) is 4.98 Å². The molecular formula is C16H17N5O. The number of benzene rings is 1. The lowest BCUT2D eigenvalue weighted by molar-refractivity contribution is 0.234. The Balaban J connectivity index is 1.99. The Hall–Kier alpha value is -2.89. The Morgan fingerprint density at radius 2 is 1.95 bits per heavy atom. The first-order valence-electron chi connectivity index (χ1n) is 7.03. The third-order valence-electron chi connectivity index (χ3n) is 3.09. The van der Waals surface area contributed by atoms with Crippen LogP contribution < -0.4 is 15.8 Å². The fourth-order valence-corrected chi connectivity index (χ4v) is 2.14. The van der Waals surface area contributed by atoms with Crippen LogP contribution >= 0.6 is 0 Å². The summed E-state index contributed by atoms with van der Waals surface area (Å²) in [6.07, 6.45) is 3.19. The maximum atomic E-state index is 6.10. The van der Waals surface area contributed by atoms with Gasteiger partial charge in [-0.2, -0.15) is 4.98 Å².